The van der Waals surface area contributed by atoms with E-state index in [-0.39, 0.29) is 44.7 Å². The van der Waals surface area contributed by atoms with Crippen molar-refractivity contribution in [2.75, 3.05) is 13.2 Å². The first kappa shape index (κ1) is 36.0. The summed E-state index contributed by atoms with van der Waals surface area (Å²) in [5, 5.41) is 15.4. The Labute approximate surface area is 260 Å². The predicted molar refractivity (Wildman–Crippen MR) is 169 cm³/mol. The lowest BCUT2D eigenvalue weighted by atomic mass is 9.98. The summed E-state index contributed by atoms with van der Waals surface area (Å²) < 4.78 is 11.2. The van der Waals surface area contributed by atoms with Crippen molar-refractivity contribution in [1.82, 2.24) is 10.6 Å². The van der Waals surface area contributed by atoms with E-state index in [2.05, 4.69) is 23.8 Å². The number of ether oxygens (including phenoxy) is 2. The maximum absolute atomic E-state index is 13.2. The molecule has 9 heteroatoms. The van der Waals surface area contributed by atoms with Gasteiger partial charge in [-0.15, -0.1) is 13.2 Å². The number of esters is 2. The summed E-state index contributed by atoms with van der Waals surface area (Å²) in [6.45, 7) is 12.4. The van der Waals surface area contributed by atoms with Gasteiger partial charge in [-0.1, -0.05) is 72.8 Å². The first-order valence-corrected chi connectivity index (χ1v) is 14.9. The molecule has 44 heavy (non-hydrogen) atoms. The van der Waals surface area contributed by atoms with Gasteiger partial charge in [0.25, 0.3) is 0 Å². The van der Waals surface area contributed by atoms with Crippen LogP contribution in [0.1, 0.15) is 63.7 Å². The molecule has 2 aromatic rings. The Hall–Kier alpha value is -4.24. The molecule has 0 radical (unpaired) electrons. The molecule has 9 nitrogen and oxygen atoms in total. The summed E-state index contributed by atoms with van der Waals surface area (Å²) in [7, 11) is 0. The number of hydrogen-bond acceptors (Lipinski definition) is 7. The van der Waals surface area contributed by atoms with Crippen molar-refractivity contribution in [2.24, 2.45) is 11.8 Å². The van der Waals surface area contributed by atoms with E-state index in [1.807, 2.05) is 36.4 Å². The van der Waals surface area contributed by atoms with Gasteiger partial charge in [0, 0.05) is 6.42 Å². The molecule has 4 atom stereocenters. The lowest BCUT2D eigenvalue weighted by Gasteiger charge is -2.24. The zero-order chi connectivity index (χ0) is 32.5. The third kappa shape index (κ3) is 13.4. The number of benzene rings is 2. The number of carbonyl (C=O) groups is 4. The van der Waals surface area contributed by atoms with Gasteiger partial charge in [0.1, 0.15) is 11.7 Å². The molecule has 0 fully saturated rings. The Morgan fingerprint density at radius 1 is 0.886 bits per heavy atom. The van der Waals surface area contributed by atoms with E-state index in [4.69, 9.17) is 9.47 Å². The average Bonchev–Trinajstić information content (AvgIpc) is 2.98. The van der Waals surface area contributed by atoms with Gasteiger partial charge in [-0.05, 0) is 51.2 Å². The maximum Gasteiger partial charge on any atom is 0.310 e. The molecular formula is C35H46N2O7. The molecule has 0 aliphatic heterocycles. The molecule has 0 saturated carbocycles. The van der Waals surface area contributed by atoms with Crippen LogP contribution in [0.2, 0.25) is 0 Å². The lowest BCUT2D eigenvalue weighted by molar-refractivity contribution is -0.164. The van der Waals surface area contributed by atoms with E-state index in [0.717, 1.165) is 5.56 Å². The number of rotatable bonds is 18. The minimum atomic E-state index is -0.846. The molecule has 0 bridgehead atoms. The molecule has 0 heterocycles. The van der Waals surface area contributed by atoms with Crippen molar-refractivity contribution in [3.63, 3.8) is 0 Å². The molecule has 0 aliphatic rings. The van der Waals surface area contributed by atoms with Gasteiger partial charge in [0.2, 0.25) is 11.8 Å². The van der Waals surface area contributed by atoms with Crippen LogP contribution in [0.15, 0.2) is 86.0 Å². The number of hydrogen-bond donors (Lipinski definition) is 3. The van der Waals surface area contributed by atoms with E-state index in [0.29, 0.717) is 12.0 Å². The van der Waals surface area contributed by atoms with Crippen LogP contribution in [0.4, 0.5) is 0 Å². The van der Waals surface area contributed by atoms with Crippen LogP contribution in [0, 0.1) is 11.8 Å². The SMILES string of the molecule is C=CCC(CC(=O)NC(CO)Cc1ccccc1)C(=O)NCC(OC(=O)C(CC=C)CC(=O)OC(C)(C)C)c1ccccc1. The van der Waals surface area contributed by atoms with E-state index >= 15 is 0 Å². The van der Waals surface area contributed by atoms with E-state index in [9.17, 15) is 24.3 Å². The van der Waals surface area contributed by atoms with Crippen LogP contribution < -0.4 is 10.6 Å². The van der Waals surface area contributed by atoms with Gasteiger partial charge < -0.3 is 25.2 Å². The normalized spacial score (nSPS) is 13.8. The predicted octanol–water partition coefficient (Wildman–Crippen LogP) is 4.61. The maximum atomic E-state index is 13.2. The number of allylic oxidation sites excluding steroid dienone is 2. The molecule has 0 saturated heterocycles. The molecule has 2 amide bonds. The largest absolute Gasteiger partial charge is 0.460 e. The number of aliphatic hydroxyl groups excluding tert-OH is 1. The van der Waals surface area contributed by atoms with Crippen LogP contribution in [0.3, 0.4) is 0 Å². The van der Waals surface area contributed by atoms with Crippen LogP contribution in [-0.4, -0.2) is 53.7 Å². The highest BCUT2D eigenvalue weighted by molar-refractivity contribution is 5.86. The third-order valence-corrected chi connectivity index (χ3v) is 6.67. The number of nitrogens with one attached hydrogen (secondary N) is 2. The second-order valence-corrected chi connectivity index (χ2v) is 11.7. The Kier molecular flexibility index (Phi) is 15.1. The first-order valence-electron chi connectivity index (χ1n) is 14.9. The minimum absolute atomic E-state index is 0.0512. The topological polar surface area (TPSA) is 131 Å². The molecule has 0 aromatic heterocycles. The standard InChI is InChI=1S/C35H46N2O7/c1-6-14-27(21-31(39)37-29(24-38)20-25-16-10-8-11-17-25)33(41)36-23-30(26-18-12-9-13-19-26)43-34(42)28(15-7-2)22-32(40)44-35(3,4)5/h6-13,16-19,27-30,38H,1-2,14-15,20-24H2,3-5H3,(H,36,41)(H,37,39). The quantitative estimate of drug-likeness (QED) is 0.167. The Balaban J connectivity index is 2.08. The molecule has 2 rings (SSSR count). The summed E-state index contributed by atoms with van der Waals surface area (Å²) in [6, 6.07) is 17.9. The summed E-state index contributed by atoms with van der Waals surface area (Å²) in [5.41, 5.74) is 0.923. The molecule has 3 N–H and O–H groups in total. The molecule has 2 aromatic carbocycles. The summed E-state index contributed by atoms with van der Waals surface area (Å²) in [5.74, 6) is -3.45. The van der Waals surface area contributed by atoms with Crippen LogP contribution >= 0.6 is 0 Å². The second-order valence-electron chi connectivity index (χ2n) is 11.7. The fourth-order valence-electron chi connectivity index (χ4n) is 4.57. The van der Waals surface area contributed by atoms with Gasteiger partial charge in [0.15, 0.2) is 0 Å². The third-order valence-electron chi connectivity index (χ3n) is 6.67. The zero-order valence-electron chi connectivity index (χ0n) is 26.0. The van der Waals surface area contributed by atoms with Gasteiger partial charge in [-0.25, -0.2) is 0 Å². The van der Waals surface area contributed by atoms with Crippen molar-refractivity contribution in [3.8, 4) is 0 Å². The average molecular weight is 607 g/mol. The summed E-state index contributed by atoms with van der Waals surface area (Å²) in [4.78, 5) is 51.8. The Morgan fingerprint density at radius 3 is 2.05 bits per heavy atom. The van der Waals surface area contributed by atoms with Crippen LogP contribution in [-0.2, 0) is 35.1 Å². The van der Waals surface area contributed by atoms with Crippen molar-refractivity contribution in [1.29, 1.82) is 0 Å². The van der Waals surface area contributed by atoms with E-state index in [1.54, 1.807) is 57.2 Å². The Bertz CT molecular complexity index is 1220. The van der Waals surface area contributed by atoms with Crippen molar-refractivity contribution in [3.05, 3.63) is 97.1 Å². The first-order chi connectivity index (χ1) is 20.9. The molecule has 0 spiro atoms. The summed E-state index contributed by atoms with van der Waals surface area (Å²) in [6.07, 6.45) is 2.88. The highest BCUT2D eigenvalue weighted by atomic mass is 16.6. The molecular weight excluding hydrogens is 560 g/mol. The van der Waals surface area contributed by atoms with E-state index < -0.39 is 47.4 Å². The van der Waals surface area contributed by atoms with E-state index in [1.165, 1.54) is 0 Å². The Morgan fingerprint density at radius 2 is 1.48 bits per heavy atom. The number of carbonyl (C=O) groups excluding carboxylic acids is 4. The van der Waals surface area contributed by atoms with Crippen molar-refractivity contribution in [2.45, 2.75) is 70.6 Å². The smallest absolute Gasteiger partial charge is 0.310 e. The molecule has 0 aliphatic carbocycles. The second kappa shape index (κ2) is 18.4. The highest BCUT2D eigenvalue weighted by Crippen LogP contribution is 2.23. The zero-order valence-corrected chi connectivity index (χ0v) is 26.0. The molecule has 238 valence electrons. The minimum Gasteiger partial charge on any atom is -0.460 e. The van der Waals surface area contributed by atoms with Crippen molar-refractivity contribution < 1.29 is 33.8 Å². The fraction of sp³-hybridized carbons (Fsp3) is 0.429. The van der Waals surface area contributed by atoms with Crippen LogP contribution in [0.25, 0.3) is 0 Å². The summed E-state index contributed by atoms with van der Waals surface area (Å²) >= 11 is 0. The van der Waals surface area contributed by atoms with Gasteiger partial charge in [-0.3, -0.25) is 19.2 Å². The van der Waals surface area contributed by atoms with Crippen LogP contribution in [0.5, 0.6) is 0 Å². The van der Waals surface area contributed by atoms with Gasteiger partial charge >= 0.3 is 11.9 Å². The fourth-order valence-corrected chi connectivity index (χ4v) is 4.57. The number of amides is 2. The molecule has 4 unspecified atom stereocenters. The monoisotopic (exact) mass is 606 g/mol. The lowest BCUT2D eigenvalue weighted by Crippen LogP contribution is -2.42. The highest BCUT2D eigenvalue weighted by Gasteiger charge is 2.29. The van der Waals surface area contributed by atoms with Crippen molar-refractivity contribution >= 4 is 23.8 Å². The number of aliphatic hydroxyl groups is 1. The van der Waals surface area contributed by atoms with Gasteiger partial charge in [0.05, 0.1) is 37.5 Å². The van der Waals surface area contributed by atoms with Gasteiger partial charge in [-0.2, -0.15) is 0 Å².